The van der Waals surface area contributed by atoms with E-state index in [1.807, 2.05) is 21.6 Å². The standard InChI is InChI=1S/C26H35FN6O2/c1-6-17(2)33-16-21-22(24(33)35)28-25(32-13-11-31(12-14-32)18(3)34)29-23(21)30-26(4,5)15-19-7-9-20(27)10-8-19/h7-10,17H,6,11-16H2,1-5H3,(H,28,29,30). The molecule has 0 aliphatic carbocycles. The van der Waals surface area contributed by atoms with E-state index < -0.39 is 5.54 Å². The number of aromatic nitrogens is 2. The number of rotatable bonds is 7. The third kappa shape index (κ3) is 5.39. The Labute approximate surface area is 206 Å². The first kappa shape index (κ1) is 24.9. The molecule has 9 heteroatoms. The zero-order valence-electron chi connectivity index (χ0n) is 21.3. The minimum absolute atomic E-state index is 0.0591. The number of hydrogen-bond acceptors (Lipinski definition) is 6. The largest absolute Gasteiger partial charge is 0.364 e. The van der Waals surface area contributed by atoms with Crippen LogP contribution in [0.4, 0.5) is 16.2 Å². The fraction of sp³-hybridized carbons (Fsp3) is 0.538. The van der Waals surface area contributed by atoms with E-state index in [4.69, 9.17) is 9.97 Å². The van der Waals surface area contributed by atoms with Crippen molar-refractivity contribution in [3.05, 3.63) is 46.9 Å². The summed E-state index contributed by atoms with van der Waals surface area (Å²) in [7, 11) is 0. The molecule has 35 heavy (non-hydrogen) atoms. The highest BCUT2D eigenvalue weighted by Crippen LogP contribution is 2.33. The van der Waals surface area contributed by atoms with Crippen molar-refractivity contribution in [2.45, 2.75) is 65.6 Å². The molecule has 1 unspecified atom stereocenters. The minimum Gasteiger partial charge on any atom is -0.364 e. The fourth-order valence-electron chi connectivity index (χ4n) is 4.70. The van der Waals surface area contributed by atoms with Gasteiger partial charge in [-0.15, -0.1) is 0 Å². The topological polar surface area (TPSA) is 81.7 Å². The molecule has 0 spiro atoms. The van der Waals surface area contributed by atoms with Gasteiger partial charge in [-0.25, -0.2) is 9.37 Å². The molecule has 0 saturated carbocycles. The van der Waals surface area contributed by atoms with Crippen LogP contribution in [-0.2, 0) is 17.8 Å². The molecular weight excluding hydrogens is 447 g/mol. The van der Waals surface area contributed by atoms with Crippen LogP contribution in [-0.4, -0.2) is 69.3 Å². The first-order chi connectivity index (χ1) is 16.6. The smallest absolute Gasteiger partial charge is 0.273 e. The van der Waals surface area contributed by atoms with Crippen LogP contribution in [0.25, 0.3) is 0 Å². The van der Waals surface area contributed by atoms with Crippen molar-refractivity contribution in [3.63, 3.8) is 0 Å². The molecule has 8 nitrogen and oxygen atoms in total. The maximum Gasteiger partial charge on any atom is 0.273 e. The molecule has 1 N–H and O–H groups in total. The Kier molecular flexibility index (Phi) is 6.96. The Morgan fingerprint density at radius 2 is 1.80 bits per heavy atom. The molecule has 0 radical (unpaired) electrons. The predicted molar refractivity (Wildman–Crippen MR) is 134 cm³/mol. The summed E-state index contributed by atoms with van der Waals surface area (Å²) in [6.07, 6.45) is 1.51. The number of nitrogens with zero attached hydrogens (tertiary/aromatic N) is 5. The van der Waals surface area contributed by atoms with Crippen LogP contribution in [0.2, 0.25) is 0 Å². The van der Waals surface area contributed by atoms with Gasteiger partial charge in [-0.2, -0.15) is 4.98 Å². The van der Waals surface area contributed by atoms with Crippen LogP contribution in [0.3, 0.4) is 0 Å². The lowest BCUT2D eigenvalue weighted by Gasteiger charge is -2.35. The zero-order chi connectivity index (χ0) is 25.3. The van der Waals surface area contributed by atoms with Crippen LogP contribution in [0.1, 0.15) is 62.7 Å². The normalized spacial score (nSPS) is 17.0. The summed E-state index contributed by atoms with van der Waals surface area (Å²) in [5.41, 5.74) is 1.86. The molecule has 3 heterocycles. The number of hydrogen-bond donors (Lipinski definition) is 1. The lowest BCUT2D eigenvalue weighted by Crippen LogP contribution is -2.48. The third-order valence-corrected chi connectivity index (χ3v) is 6.93. The molecule has 4 rings (SSSR count). The van der Waals surface area contributed by atoms with Gasteiger partial charge >= 0.3 is 0 Å². The summed E-state index contributed by atoms with van der Waals surface area (Å²) >= 11 is 0. The third-order valence-electron chi connectivity index (χ3n) is 6.93. The van der Waals surface area contributed by atoms with Crippen LogP contribution in [0.15, 0.2) is 24.3 Å². The van der Waals surface area contributed by atoms with E-state index in [2.05, 4.69) is 26.1 Å². The summed E-state index contributed by atoms with van der Waals surface area (Å²) in [6.45, 7) is 12.7. The number of amides is 2. The summed E-state index contributed by atoms with van der Waals surface area (Å²) in [6, 6.07) is 6.61. The average molecular weight is 483 g/mol. The van der Waals surface area contributed by atoms with Crippen molar-refractivity contribution in [2.24, 2.45) is 0 Å². The first-order valence-electron chi connectivity index (χ1n) is 12.3. The summed E-state index contributed by atoms with van der Waals surface area (Å²) < 4.78 is 13.4. The summed E-state index contributed by atoms with van der Waals surface area (Å²) in [5.74, 6) is 0.895. The number of halogens is 1. The summed E-state index contributed by atoms with van der Waals surface area (Å²) in [4.78, 5) is 40.4. The van der Waals surface area contributed by atoms with E-state index in [1.54, 1.807) is 19.1 Å². The Balaban J connectivity index is 1.65. The molecule has 188 valence electrons. The lowest BCUT2D eigenvalue weighted by atomic mass is 9.94. The van der Waals surface area contributed by atoms with E-state index in [-0.39, 0.29) is 23.7 Å². The molecular formula is C26H35FN6O2. The quantitative estimate of drug-likeness (QED) is 0.651. The van der Waals surface area contributed by atoms with Gasteiger partial charge in [-0.05, 0) is 51.3 Å². The molecule has 1 aromatic carbocycles. The zero-order valence-corrected chi connectivity index (χ0v) is 21.3. The van der Waals surface area contributed by atoms with Crippen LogP contribution in [0, 0.1) is 5.82 Å². The Morgan fingerprint density at radius 3 is 2.40 bits per heavy atom. The van der Waals surface area contributed by atoms with Crippen LogP contribution < -0.4 is 10.2 Å². The number of benzene rings is 1. The Morgan fingerprint density at radius 1 is 1.14 bits per heavy atom. The number of fused-ring (bicyclic) bond motifs is 1. The van der Waals surface area contributed by atoms with Crippen molar-refractivity contribution in [1.29, 1.82) is 0 Å². The van der Waals surface area contributed by atoms with Gasteiger partial charge in [0.15, 0.2) is 0 Å². The molecule has 2 aliphatic rings. The van der Waals surface area contributed by atoms with Crippen molar-refractivity contribution in [2.75, 3.05) is 36.4 Å². The van der Waals surface area contributed by atoms with E-state index >= 15 is 0 Å². The highest BCUT2D eigenvalue weighted by atomic mass is 19.1. The van der Waals surface area contributed by atoms with Crippen LogP contribution in [0.5, 0.6) is 0 Å². The van der Waals surface area contributed by atoms with Crippen molar-refractivity contribution >= 4 is 23.6 Å². The maximum atomic E-state index is 13.4. The second-order valence-electron chi connectivity index (χ2n) is 10.2. The number of carbonyl (C=O) groups is 2. The predicted octanol–water partition coefficient (Wildman–Crippen LogP) is 3.47. The number of nitrogens with one attached hydrogen (secondary N) is 1. The monoisotopic (exact) mass is 482 g/mol. The molecule has 1 saturated heterocycles. The van der Waals surface area contributed by atoms with E-state index in [0.29, 0.717) is 56.6 Å². The molecule has 1 atom stereocenters. The molecule has 0 bridgehead atoms. The van der Waals surface area contributed by atoms with Gasteiger partial charge in [0, 0.05) is 50.2 Å². The van der Waals surface area contributed by atoms with Gasteiger partial charge in [-0.1, -0.05) is 19.1 Å². The Hall–Kier alpha value is -3.23. The van der Waals surface area contributed by atoms with Gasteiger partial charge in [0.05, 0.1) is 6.54 Å². The van der Waals surface area contributed by atoms with E-state index in [1.165, 1.54) is 12.1 Å². The molecule has 2 aliphatic heterocycles. The lowest BCUT2D eigenvalue weighted by molar-refractivity contribution is -0.129. The molecule has 1 fully saturated rings. The second-order valence-corrected chi connectivity index (χ2v) is 10.2. The minimum atomic E-state index is -0.405. The highest BCUT2D eigenvalue weighted by Gasteiger charge is 2.37. The van der Waals surface area contributed by atoms with Gasteiger partial charge in [0.25, 0.3) is 5.91 Å². The molecule has 2 aromatic rings. The van der Waals surface area contributed by atoms with Gasteiger partial charge < -0.3 is 20.0 Å². The van der Waals surface area contributed by atoms with Gasteiger partial charge in [-0.3, -0.25) is 9.59 Å². The average Bonchev–Trinajstić information content (AvgIpc) is 3.16. The fourth-order valence-corrected chi connectivity index (χ4v) is 4.70. The first-order valence-corrected chi connectivity index (χ1v) is 12.3. The van der Waals surface area contributed by atoms with Crippen molar-refractivity contribution in [1.82, 2.24) is 19.8 Å². The van der Waals surface area contributed by atoms with Gasteiger partial charge in [0.1, 0.15) is 17.3 Å². The number of carbonyl (C=O) groups excluding carboxylic acids is 2. The highest BCUT2D eigenvalue weighted by molar-refractivity contribution is 5.98. The van der Waals surface area contributed by atoms with E-state index in [9.17, 15) is 14.0 Å². The van der Waals surface area contributed by atoms with Crippen LogP contribution >= 0.6 is 0 Å². The SMILES string of the molecule is CCC(C)N1Cc2c(NC(C)(C)Cc3ccc(F)cc3)nc(N3CCN(C(C)=O)CC3)nc2C1=O. The second kappa shape index (κ2) is 9.79. The van der Waals surface area contributed by atoms with E-state index in [0.717, 1.165) is 17.5 Å². The molecule has 1 aromatic heterocycles. The summed E-state index contributed by atoms with van der Waals surface area (Å²) in [5, 5.41) is 3.57. The molecule has 2 amide bonds. The number of piperazine rings is 1. The maximum absolute atomic E-state index is 13.4. The van der Waals surface area contributed by atoms with Gasteiger partial charge in [0.2, 0.25) is 11.9 Å². The Bertz CT molecular complexity index is 1100. The van der Waals surface area contributed by atoms with Crippen molar-refractivity contribution in [3.8, 4) is 0 Å². The number of anilines is 2. The van der Waals surface area contributed by atoms with Crippen molar-refractivity contribution < 1.29 is 14.0 Å².